The fourth-order valence-corrected chi connectivity index (χ4v) is 4.68. The van der Waals surface area contributed by atoms with Gasteiger partial charge in [-0.25, -0.2) is 4.39 Å². The molecule has 30 heavy (non-hydrogen) atoms. The lowest BCUT2D eigenvalue weighted by molar-refractivity contribution is -0.134. The van der Waals surface area contributed by atoms with Crippen LogP contribution >= 0.6 is 0 Å². The third-order valence-corrected chi connectivity index (χ3v) is 6.27. The van der Waals surface area contributed by atoms with Gasteiger partial charge in [0.05, 0.1) is 0 Å². The Labute approximate surface area is 177 Å². The first-order valence-electron chi connectivity index (χ1n) is 11.2. The Morgan fingerprint density at radius 2 is 2.13 bits per heavy atom. The molecule has 1 saturated heterocycles. The van der Waals surface area contributed by atoms with E-state index in [0.717, 1.165) is 67.7 Å². The number of rotatable bonds is 6. The predicted molar refractivity (Wildman–Crippen MR) is 118 cm³/mol. The molecule has 1 unspecified atom stereocenters. The molecule has 1 atom stereocenters. The van der Waals surface area contributed by atoms with Gasteiger partial charge in [-0.05, 0) is 56.4 Å². The summed E-state index contributed by atoms with van der Waals surface area (Å²) in [5.41, 5.74) is 1.95. The number of nitrogens with zero attached hydrogens (tertiary/aromatic N) is 2. The zero-order chi connectivity index (χ0) is 20.9. The van der Waals surface area contributed by atoms with Gasteiger partial charge >= 0.3 is 0 Å². The minimum absolute atomic E-state index is 0.232. The summed E-state index contributed by atoms with van der Waals surface area (Å²) in [6, 6.07) is 5.07. The number of carbonyl (C=O) groups is 1. The van der Waals surface area contributed by atoms with Crippen LogP contribution in [0.5, 0.6) is 0 Å². The van der Waals surface area contributed by atoms with Crippen LogP contribution in [0.2, 0.25) is 0 Å². The summed E-state index contributed by atoms with van der Waals surface area (Å²) in [5, 5.41) is 7.86. The smallest absolute Gasteiger partial charge is 0.225 e. The maximum atomic E-state index is 13.4. The molecule has 0 spiro atoms. The monoisotopic (exact) mass is 413 g/mol. The van der Waals surface area contributed by atoms with Gasteiger partial charge in [0.15, 0.2) is 5.96 Å². The Kier molecular flexibility index (Phi) is 6.55. The van der Waals surface area contributed by atoms with Gasteiger partial charge in [-0.1, -0.05) is 12.8 Å². The van der Waals surface area contributed by atoms with Crippen LogP contribution in [0, 0.1) is 11.7 Å². The normalized spacial score (nSPS) is 20.3. The number of carbonyl (C=O) groups excluding carboxylic acids is 1. The first-order chi connectivity index (χ1) is 14.6. The van der Waals surface area contributed by atoms with Gasteiger partial charge in [0.2, 0.25) is 5.91 Å². The first kappa shape index (κ1) is 20.7. The largest absolute Gasteiger partial charge is 0.361 e. The predicted octanol–water partition coefficient (Wildman–Crippen LogP) is 3.20. The lowest BCUT2D eigenvalue weighted by Gasteiger charge is -2.21. The highest BCUT2D eigenvalue weighted by Gasteiger charge is 2.32. The third-order valence-electron chi connectivity index (χ3n) is 6.27. The highest BCUT2D eigenvalue weighted by Crippen LogP contribution is 2.27. The van der Waals surface area contributed by atoms with Gasteiger partial charge < -0.3 is 20.5 Å². The molecule has 2 fully saturated rings. The molecule has 0 radical (unpaired) electrons. The number of aromatic amines is 1. The number of aliphatic imine (C=N–C) groups is 1. The molecule has 1 saturated carbocycles. The molecule has 2 aromatic rings. The molecular weight excluding hydrogens is 381 g/mol. The number of amides is 1. The van der Waals surface area contributed by atoms with Crippen LogP contribution in [-0.4, -0.2) is 54.0 Å². The van der Waals surface area contributed by atoms with Crippen molar-refractivity contribution in [3.63, 3.8) is 0 Å². The van der Waals surface area contributed by atoms with Crippen molar-refractivity contribution < 1.29 is 9.18 Å². The van der Waals surface area contributed by atoms with E-state index >= 15 is 0 Å². The minimum atomic E-state index is -0.232. The Morgan fingerprint density at radius 3 is 2.93 bits per heavy atom. The summed E-state index contributed by atoms with van der Waals surface area (Å²) in [6.07, 6.45) is 8.15. The number of aromatic nitrogens is 1. The molecule has 162 valence electrons. The fourth-order valence-electron chi connectivity index (χ4n) is 4.68. The summed E-state index contributed by atoms with van der Waals surface area (Å²) in [4.78, 5) is 22.6. The lowest BCUT2D eigenvalue weighted by Crippen LogP contribution is -2.45. The molecule has 3 N–H and O–H groups in total. The number of hydrogen-bond donors (Lipinski definition) is 3. The number of guanidine groups is 1. The second-order valence-electron chi connectivity index (χ2n) is 8.41. The fraction of sp³-hybridized carbons (Fsp3) is 0.565. The number of H-pyrrole nitrogens is 1. The van der Waals surface area contributed by atoms with Gasteiger partial charge in [0.1, 0.15) is 5.82 Å². The highest BCUT2D eigenvalue weighted by atomic mass is 19.1. The van der Waals surface area contributed by atoms with E-state index in [-0.39, 0.29) is 17.8 Å². The van der Waals surface area contributed by atoms with E-state index in [9.17, 15) is 9.18 Å². The van der Waals surface area contributed by atoms with Crippen LogP contribution in [0.4, 0.5) is 4.39 Å². The Morgan fingerprint density at radius 1 is 1.30 bits per heavy atom. The van der Waals surface area contributed by atoms with Gasteiger partial charge in [-0.3, -0.25) is 9.79 Å². The average molecular weight is 414 g/mol. The summed E-state index contributed by atoms with van der Waals surface area (Å²) in [5.74, 6) is 1.15. The minimum Gasteiger partial charge on any atom is -0.361 e. The number of benzene rings is 1. The molecule has 1 aliphatic heterocycles. The van der Waals surface area contributed by atoms with Crippen molar-refractivity contribution in [2.24, 2.45) is 10.9 Å². The molecule has 4 rings (SSSR count). The van der Waals surface area contributed by atoms with Gasteiger partial charge in [-0.15, -0.1) is 0 Å². The highest BCUT2D eigenvalue weighted by molar-refractivity contribution is 5.83. The second kappa shape index (κ2) is 9.49. The van der Waals surface area contributed by atoms with E-state index in [0.29, 0.717) is 12.5 Å². The van der Waals surface area contributed by atoms with Gasteiger partial charge in [0, 0.05) is 55.2 Å². The van der Waals surface area contributed by atoms with E-state index in [1.807, 2.05) is 17.2 Å². The van der Waals surface area contributed by atoms with Crippen molar-refractivity contribution >= 4 is 22.8 Å². The van der Waals surface area contributed by atoms with Gasteiger partial charge in [0.25, 0.3) is 0 Å². The zero-order valence-corrected chi connectivity index (χ0v) is 17.7. The molecule has 1 amide bonds. The van der Waals surface area contributed by atoms with Crippen LogP contribution < -0.4 is 10.6 Å². The van der Waals surface area contributed by atoms with Gasteiger partial charge in [-0.2, -0.15) is 0 Å². The molecular formula is C23H32FN5O. The second-order valence-corrected chi connectivity index (χ2v) is 8.41. The zero-order valence-electron chi connectivity index (χ0n) is 17.7. The van der Waals surface area contributed by atoms with Crippen molar-refractivity contribution in [1.29, 1.82) is 0 Å². The Hall–Kier alpha value is -2.57. The summed E-state index contributed by atoms with van der Waals surface area (Å²) >= 11 is 0. The molecule has 6 nitrogen and oxygen atoms in total. The van der Waals surface area contributed by atoms with Crippen LogP contribution in [0.3, 0.4) is 0 Å². The maximum absolute atomic E-state index is 13.4. The average Bonchev–Trinajstić information content (AvgIpc) is 3.49. The maximum Gasteiger partial charge on any atom is 0.225 e. The van der Waals surface area contributed by atoms with Crippen molar-refractivity contribution in [3.05, 3.63) is 35.8 Å². The lowest BCUT2D eigenvalue weighted by atomic mass is 10.1. The molecule has 2 heterocycles. The van der Waals surface area contributed by atoms with E-state index in [2.05, 4.69) is 22.5 Å². The van der Waals surface area contributed by atoms with Crippen LogP contribution in [-0.2, 0) is 11.2 Å². The van der Waals surface area contributed by atoms with Crippen LogP contribution in [0.1, 0.15) is 44.6 Å². The molecule has 1 aromatic carbocycles. The number of nitrogens with one attached hydrogen (secondary N) is 3. The van der Waals surface area contributed by atoms with Crippen molar-refractivity contribution in [2.75, 3.05) is 26.2 Å². The molecule has 1 aliphatic carbocycles. The summed E-state index contributed by atoms with van der Waals surface area (Å²) in [7, 11) is 0. The van der Waals surface area contributed by atoms with Crippen molar-refractivity contribution in [1.82, 2.24) is 20.5 Å². The number of halogens is 1. The summed E-state index contributed by atoms with van der Waals surface area (Å²) < 4.78 is 13.4. The molecule has 7 heteroatoms. The molecule has 1 aromatic heterocycles. The molecule has 0 bridgehead atoms. The van der Waals surface area contributed by atoms with E-state index in [1.54, 1.807) is 0 Å². The Balaban J connectivity index is 1.32. The third kappa shape index (κ3) is 4.77. The van der Waals surface area contributed by atoms with E-state index in [1.165, 1.54) is 25.0 Å². The topological polar surface area (TPSA) is 72.5 Å². The number of likely N-dealkylation sites (tertiary alicyclic amines) is 1. The first-order valence-corrected chi connectivity index (χ1v) is 11.2. The number of fused-ring (bicyclic) bond motifs is 1. The van der Waals surface area contributed by atoms with Crippen molar-refractivity contribution in [3.8, 4) is 0 Å². The number of hydrogen-bond acceptors (Lipinski definition) is 2. The standard InChI is InChI=1S/C23H32FN5O/c1-2-25-23(26-11-9-17-14-27-21-13-18(24)7-8-20(17)21)28-19-10-12-29(15-19)22(30)16-5-3-4-6-16/h7-8,13-14,16,19,27H,2-6,9-12,15H2,1H3,(H2,25,26,28). The summed E-state index contributed by atoms with van der Waals surface area (Å²) in [6.45, 7) is 5.06. The Bertz CT molecular complexity index is 902. The van der Waals surface area contributed by atoms with E-state index in [4.69, 9.17) is 4.99 Å². The van der Waals surface area contributed by atoms with E-state index < -0.39 is 0 Å². The SMILES string of the molecule is CCNC(=NCCc1c[nH]c2cc(F)ccc12)NC1CCN(C(=O)C2CCCC2)C1. The van der Waals surface area contributed by atoms with Crippen LogP contribution in [0.25, 0.3) is 10.9 Å². The van der Waals surface area contributed by atoms with Crippen LogP contribution in [0.15, 0.2) is 29.4 Å². The van der Waals surface area contributed by atoms with Crippen molar-refractivity contribution in [2.45, 2.75) is 51.5 Å². The quantitative estimate of drug-likeness (QED) is 0.503. The molecule has 2 aliphatic rings.